The molecule has 0 saturated carbocycles. The number of H-pyrrole nitrogens is 1. The first-order valence-corrected chi connectivity index (χ1v) is 4.81. The van der Waals surface area contributed by atoms with E-state index in [0.29, 0.717) is 5.69 Å². The molecule has 1 aromatic heterocycles. The van der Waals surface area contributed by atoms with Gasteiger partial charge in [0.05, 0.1) is 5.69 Å². The molecule has 6 nitrogen and oxygen atoms in total. The van der Waals surface area contributed by atoms with Crippen molar-refractivity contribution in [2.75, 3.05) is 0 Å². The van der Waals surface area contributed by atoms with E-state index in [4.69, 9.17) is 5.73 Å². The summed E-state index contributed by atoms with van der Waals surface area (Å²) in [5.74, 6) is -0.879. The van der Waals surface area contributed by atoms with Gasteiger partial charge < -0.3 is 5.73 Å². The summed E-state index contributed by atoms with van der Waals surface area (Å²) < 4.78 is 1.15. The molecule has 2 aromatic rings. The largest absolute Gasteiger partial charge is 0.365 e. The highest BCUT2D eigenvalue weighted by atomic mass is 16.2. The van der Waals surface area contributed by atoms with Crippen LogP contribution in [-0.4, -0.2) is 15.5 Å². The molecule has 1 heterocycles. The topological polar surface area (TPSA) is 97.9 Å². The summed E-state index contributed by atoms with van der Waals surface area (Å²) in [4.78, 5) is 35.9. The van der Waals surface area contributed by atoms with Crippen molar-refractivity contribution in [2.24, 2.45) is 5.73 Å². The number of aromatic nitrogens is 2. The normalized spacial score (nSPS) is 10.1. The van der Waals surface area contributed by atoms with Crippen LogP contribution in [-0.2, 0) is 0 Å². The molecule has 0 fully saturated rings. The van der Waals surface area contributed by atoms with Gasteiger partial charge in [0.1, 0.15) is 5.56 Å². The van der Waals surface area contributed by atoms with Crippen molar-refractivity contribution in [1.82, 2.24) is 9.55 Å². The van der Waals surface area contributed by atoms with Crippen molar-refractivity contribution in [3.63, 3.8) is 0 Å². The molecule has 0 aliphatic rings. The first kappa shape index (κ1) is 10.9. The smallest absolute Gasteiger partial charge is 0.332 e. The molecule has 0 atom stereocenters. The van der Waals surface area contributed by atoms with Gasteiger partial charge in [-0.3, -0.25) is 19.1 Å². The SMILES string of the molecule is NC(=O)c1cn(-c2ccccc2)c(=O)[nH]c1=O. The average molecular weight is 231 g/mol. The van der Waals surface area contributed by atoms with E-state index in [0.717, 1.165) is 10.8 Å². The van der Waals surface area contributed by atoms with Gasteiger partial charge in [0.25, 0.3) is 11.5 Å². The molecule has 0 spiro atoms. The third-order valence-electron chi connectivity index (χ3n) is 2.24. The Bertz CT molecular complexity index is 670. The number of nitrogens with two attached hydrogens (primary N) is 1. The van der Waals surface area contributed by atoms with Crippen LogP contribution in [0.2, 0.25) is 0 Å². The first-order valence-electron chi connectivity index (χ1n) is 4.81. The van der Waals surface area contributed by atoms with E-state index in [2.05, 4.69) is 0 Å². The van der Waals surface area contributed by atoms with Gasteiger partial charge in [0, 0.05) is 6.20 Å². The van der Waals surface area contributed by atoms with Gasteiger partial charge in [-0.15, -0.1) is 0 Å². The molecule has 86 valence electrons. The van der Waals surface area contributed by atoms with E-state index in [1.165, 1.54) is 0 Å². The van der Waals surface area contributed by atoms with E-state index >= 15 is 0 Å². The summed E-state index contributed by atoms with van der Waals surface area (Å²) in [5, 5.41) is 0. The van der Waals surface area contributed by atoms with Crippen LogP contribution < -0.4 is 17.0 Å². The summed E-state index contributed by atoms with van der Waals surface area (Å²) in [6.45, 7) is 0. The maximum atomic E-state index is 11.6. The molecule has 0 radical (unpaired) electrons. The van der Waals surface area contributed by atoms with Gasteiger partial charge in [-0.05, 0) is 12.1 Å². The minimum Gasteiger partial charge on any atom is -0.365 e. The molecule has 1 aromatic carbocycles. The Kier molecular flexibility index (Phi) is 2.61. The average Bonchev–Trinajstić information content (AvgIpc) is 2.29. The van der Waals surface area contributed by atoms with Crippen LogP contribution in [0.5, 0.6) is 0 Å². The number of hydrogen-bond acceptors (Lipinski definition) is 3. The van der Waals surface area contributed by atoms with Crippen LogP contribution in [0, 0.1) is 0 Å². The Labute approximate surface area is 95.3 Å². The van der Waals surface area contributed by atoms with Crippen LogP contribution in [0.25, 0.3) is 5.69 Å². The van der Waals surface area contributed by atoms with E-state index < -0.39 is 17.2 Å². The molecule has 0 saturated heterocycles. The Morgan fingerprint density at radius 2 is 1.82 bits per heavy atom. The second-order valence-corrected chi connectivity index (χ2v) is 3.37. The van der Waals surface area contributed by atoms with Crippen LogP contribution in [0.1, 0.15) is 10.4 Å². The molecular formula is C11H9N3O3. The zero-order valence-corrected chi connectivity index (χ0v) is 8.71. The quantitative estimate of drug-likeness (QED) is 0.737. The highest BCUT2D eigenvalue weighted by Crippen LogP contribution is 2.02. The monoisotopic (exact) mass is 231 g/mol. The second kappa shape index (κ2) is 4.09. The van der Waals surface area contributed by atoms with Gasteiger partial charge in [-0.25, -0.2) is 4.79 Å². The minimum atomic E-state index is -0.879. The Morgan fingerprint density at radius 1 is 1.18 bits per heavy atom. The van der Waals surface area contributed by atoms with Gasteiger partial charge in [0.15, 0.2) is 0 Å². The maximum absolute atomic E-state index is 11.6. The molecule has 3 N–H and O–H groups in total. The fourth-order valence-corrected chi connectivity index (χ4v) is 1.43. The zero-order valence-electron chi connectivity index (χ0n) is 8.71. The van der Waals surface area contributed by atoms with E-state index in [1.807, 2.05) is 4.98 Å². The number of benzene rings is 1. The van der Waals surface area contributed by atoms with Crippen molar-refractivity contribution < 1.29 is 4.79 Å². The highest BCUT2D eigenvalue weighted by Gasteiger charge is 2.10. The van der Waals surface area contributed by atoms with Crippen molar-refractivity contribution in [3.05, 3.63) is 62.9 Å². The van der Waals surface area contributed by atoms with E-state index in [-0.39, 0.29) is 5.56 Å². The van der Waals surface area contributed by atoms with E-state index in [1.54, 1.807) is 30.3 Å². The number of hydrogen-bond donors (Lipinski definition) is 2. The maximum Gasteiger partial charge on any atom is 0.332 e. The highest BCUT2D eigenvalue weighted by molar-refractivity contribution is 5.92. The molecule has 0 unspecified atom stereocenters. The Hall–Kier alpha value is -2.63. The molecule has 0 aliphatic carbocycles. The predicted molar refractivity (Wildman–Crippen MR) is 61.2 cm³/mol. The fourth-order valence-electron chi connectivity index (χ4n) is 1.43. The Morgan fingerprint density at radius 3 is 2.41 bits per heavy atom. The number of nitrogens with one attached hydrogen (secondary N) is 1. The predicted octanol–water partition coefficient (Wildman–Crippen LogP) is -0.375. The van der Waals surface area contributed by atoms with Crippen LogP contribution in [0.15, 0.2) is 46.1 Å². The molecule has 0 bridgehead atoms. The molecule has 2 rings (SSSR count). The molecule has 6 heteroatoms. The lowest BCUT2D eigenvalue weighted by atomic mass is 10.3. The molecule has 1 amide bonds. The van der Waals surface area contributed by atoms with E-state index in [9.17, 15) is 14.4 Å². The van der Waals surface area contributed by atoms with Crippen molar-refractivity contribution in [2.45, 2.75) is 0 Å². The lowest BCUT2D eigenvalue weighted by molar-refractivity contribution is 0.0998. The van der Waals surface area contributed by atoms with Crippen LogP contribution in [0.3, 0.4) is 0 Å². The van der Waals surface area contributed by atoms with Crippen molar-refractivity contribution in [3.8, 4) is 5.69 Å². The number of amides is 1. The summed E-state index contributed by atoms with van der Waals surface area (Å²) in [6.07, 6.45) is 1.14. The first-order chi connectivity index (χ1) is 8.09. The lowest BCUT2D eigenvalue weighted by Gasteiger charge is -2.05. The number of carbonyl (C=O) groups excluding carboxylic acids is 1. The number of aromatic amines is 1. The fraction of sp³-hybridized carbons (Fsp3) is 0. The van der Waals surface area contributed by atoms with Gasteiger partial charge in [-0.2, -0.15) is 0 Å². The van der Waals surface area contributed by atoms with Crippen LogP contribution in [0.4, 0.5) is 0 Å². The summed E-state index contributed by atoms with van der Waals surface area (Å²) in [6, 6.07) is 8.60. The zero-order chi connectivity index (χ0) is 12.4. The number of primary amides is 1. The third kappa shape index (κ3) is 2.00. The number of rotatable bonds is 2. The van der Waals surface area contributed by atoms with Crippen LogP contribution >= 0.6 is 0 Å². The third-order valence-corrected chi connectivity index (χ3v) is 2.24. The molecular weight excluding hydrogens is 222 g/mol. The van der Waals surface area contributed by atoms with Gasteiger partial charge in [-0.1, -0.05) is 18.2 Å². The Balaban J connectivity index is 2.72. The standard InChI is InChI=1S/C11H9N3O3/c12-9(15)8-6-14(11(17)13-10(8)16)7-4-2-1-3-5-7/h1-6H,(H2,12,15)(H,13,16,17). The summed E-state index contributed by atoms with van der Waals surface area (Å²) >= 11 is 0. The minimum absolute atomic E-state index is 0.256. The summed E-state index contributed by atoms with van der Waals surface area (Å²) in [5.41, 5.74) is 3.92. The number of nitrogens with zero attached hydrogens (tertiary/aromatic N) is 1. The van der Waals surface area contributed by atoms with Gasteiger partial charge >= 0.3 is 5.69 Å². The molecule has 0 aliphatic heterocycles. The second-order valence-electron chi connectivity index (χ2n) is 3.37. The summed E-state index contributed by atoms with van der Waals surface area (Å²) in [7, 11) is 0. The van der Waals surface area contributed by atoms with Gasteiger partial charge in [0.2, 0.25) is 0 Å². The number of carbonyl (C=O) groups is 1. The van der Waals surface area contributed by atoms with Crippen molar-refractivity contribution in [1.29, 1.82) is 0 Å². The lowest BCUT2D eigenvalue weighted by Crippen LogP contribution is -2.34. The van der Waals surface area contributed by atoms with Crippen molar-refractivity contribution >= 4 is 5.91 Å². The number of para-hydroxylation sites is 1. The molecule has 17 heavy (non-hydrogen) atoms.